The van der Waals surface area contributed by atoms with E-state index in [1.165, 1.54) is 24.8 Å². The van der Waals surface area contributed by atoms with Gasteiger partial charge in [0.25, 0.3) is 0 Å². The Kier molecular flexibility index (Phi) is 2.41. The monoisotopic (exact) mass is 166 g/mol. The first-order chi connectivity index (χ1) is 5.62. The van der Waals surface area contributed by atoms with E-state index in [9.17, 15) is 0 Å². The SMILES string of the molecule is C=C1CCC2CC1C2(C)C.C=O. The first-order valence-corrected chi connectivity index (χ1v) is 4.59. The minimum atomic E-state index is 0.606. The summed E-state index contributed by atoms with van der Waals surface area (Å²) < 4.78 is 0. The lowest BCUT2D eigenvalue weighted by molar-refractivity contribution is -0.0979. The Labute approximate surface area is 74.9 Å². The Hall–Kier alpha value is -0.590. The first-order valence-electron chi connectivity index (χ1n) is 4.59. The lowest BCUT2D eigenvalue weighted by atomic mass is 9.47. The van der Waals surface area contributed by atoms with Gasteiger partial charge in [0.1, 0.15) is 6.79 Å². The van der Waals surface area contributed by atoms with Gasteiger partial charge in [-0.2, -0.15) is 0 Å². The second-order valence-corrected chi connectivity index (χ2v) is 4.50. The maximum atomic E-state index is 8.00. The summed E-state index contributed by atoms with van der Waals surface area (Å²) in [7, 11) is 0. The zero-order chi connectivity index (χ0) is 9.35. The van der Waals surface area contributed by atoms with Crippen LogP contribution in [-0.4, -0.2) is 6.79 Å². The Morgan fingerprint density at radius 3 is 2.25 bits per heavy atom. The highest BCUT2D eigenvalue weighted by atomic mass is 16.1. The van der Waals surface area contributed by atoms with Crippen molar-refractivity contribution in [2.75, 3.05) is 0 Å². The minimum absolute atomic E-state index is 0.606. The number of hydrogen-bond donors (Lipinski definition) is 0. The van der Waals surface area contributed by atoms with Gasteiger partial charge >= 0.3 is 0 Å². The van der Waals surface area contributed by atoms with Gasteiger partial charge in [-0.25, -0.2) is 0 Å². The van der Waals surface area contributed by atoms with Gasteiger partial charge in [0.05, 0.1) is 0 Å². The quantitative estimate of drug-likeness (QED) is 0.506. The third kappa shape index (κ3) is 1.12. The van der Waals surface area contributed by atoms with Crippen LogP contribution < -0.4 is 0 Å². The molecule has 3 aliphatic carbocycles. The van der Waals surface area contributed by atoms with E-state index in [4.69, 9.17) is 4.79 Å². The molecule has 3 fully saturated rings. The molecule has 3 saturated carbocycles. The number of carbonyl (C=O) groups is 1. The number of carbonyl (C=O) groups excluding carboxylic acids is 1. The van der Waals surface area contributed by atoms with Crippen LogP contribution in [0.3, 0.4) is 0 Å². The molecule has 1 heteroatoms. The van der Waals surface area contributed by atoms with Crippen molar-refractivity contribution in [3.05, 3.63) is 12.2 Å². The molecule has 68 valence electrons. The second-order valence-electron chi connectivity index (χ2n) is 4.50. The summed E-state index contributed by atoms with van der Waals surface area (Å²) >= 11 is 0. The standard InChI is InChI=1S/C10H16.CH2O/c1-7-4-5-8-6-9(7)10(8,2)3;1-2/h8-9H,1,4-6H2,2-3H3;1H2. The van der Waals surface area contributed by atoms with Crippen molar-refractivity contribution in [2.45, 2.75) is 33.1 Å². The molecule has 2 atom stereocenters. The maximum Gasteiger partial charge on any atom is 0.106 e. The van der Waals surface area contributed by atoms with Gasteiger partial charge in [-0.05, 0) is 36.5 Å². The van der Waals surface area contributed by atoms with Crippen molar-refractivity contribution in [3.8, 4) is 0 Å². The summed E-state index contributed by atoms with van der Waals surface area (Å²) in [6.45, 7) is 10.9. The summed E-state index contributed by atoms with van der Waals surface area (Å²) in [5, 5.41) is 0. The van der Waals surface area contributed by atoms with Gasteiger partial charge < -0.3 is 4.79 Å². The molecule has 2 unspecified atom stereocenters. The van der Waals surface area contributed by atoms with Crippen LogP contribution in [0.5, 0.6) is 0 Å². The molecule has 3 rings (SSSR count). The van der Waals surface area contributed by atoms with Crippen LogP contribution in [0.15, 0.2) is 12.2 Å². The molecule has 0 aromatic rings. The Morgan fingerprint density at radius 1 is 1.42 bits per heavy atom. The normalized spacial score (nSPS) is 36.0. The minimum Gasteiger partial charge on any atom is -0.307 e. The predicted octanol–water partition coefficient (Wildman–Crippen LogP) is 2.81. The zero-order valence-electron chi connectivity index (χ0n) is 8.10. The van der Waals surface area contributed by atoms with E-state index in [0.717, 1.165) is 11.8 Å². The van der Waals surface area contributed by atoms with Crippen molar-refractivity contribution in [3.63, 3.8) is 0 Å². The molecule has 0 spiro atoms. The molecule has 0 radical (unpaired) electrons. The van der Waals surface area contributed by atoms with Crippen molar-refractivity contribution < 1.29 is 4.79 Å². The molecule has 0 aromatic carbocycles. The molecule has 0 aromatic heterocycles. The van der Waals surface area contributed by atoms with Crippen molar-refractivity contribution in [1.29, 1.82) is 0 Å². The Bertz CT molecular complexity index is 191. The third-order valence-electron chi connectivity index (χ3n) is 3.78. The third-order valence-corrected chi connectivity index (χ3v) is 3.78. The van der Waals surface area contributed by atoms with Crippen LogP contribution in [0.25, 0.3) is 0 Å². The van der Waals surface area contributed by atoms with Crippen LogP contribution in [-0.2, 0) is 4.79 Å². The Balaban J connectivity index is 0.000000336. The van der Waals surface area contributed by atoms with Crippen LogP contribution >= 0.6 is 0 Å². The number of hydrogen-bond acceptors (Lipinski definition) is 1. The van der Waals surface area contributed by atoms with Crippen molar-refractivity contribution in [2.24, 2.45) is 17.3 Å². The van der Waals surface area contributed by atoms with Gasteiger partial charge in [-0.1, -0.05) is 26.0 Å². The van der Waals surface area contributed by atoms with Crippen molar-refractivity contribution >= 4 is 6.79 Å². The highest BCUT2D eigenvalue weighted by Crippen LogP contribution is 2.60. The van der Waals surface area contributed by atoms with Crippen molar-refractivity contribution in [1.82, 2.24) is 0 Å². The summed E-state index contributed by atoms with van der Waals surface area (Å²) in [6, 6.07) is 0. The average molecular weight is 166 g/mol. The summed E-state index contributed by atoms with van der Waals surface area (Å²) in [6.07, 6.45) is 4.15. The topological polar surface area (TPSA) is 17.1 Å². The van der Waals surface area contributed by atoms with Gasteiger partial charge in [-0.3, -0.25) is 0 Å². The smallest absolute Gasteiger partial charge is 0.106 e. The molecule has 0 amide bonds. The highest BCUT2D eigenvalue weighted by molar-refractivity contribution is 5.18. The fourth-order valence-corrected chi connectivity index (χ4v) is 2.73. The lowest BCUT2D eigenvalue weighted by Crippen LogP contribution is -2.48. The van der Waals surface area contributed by atoms with Crippen LogP contribution in [0.2, 0.25) is 0 Å². The van der Waals surface area contributed by atoms with Crippen LogP contribution in [0, 0.1) is 17.3 Å². The molecular formula is C11H18O. The number of rotatable bonds is 0. The predicted molar refractivity (Wildman–Crippen MR) is 50.9 cm³/mol. The molecular weight excluding hydrogens is 148 g/mol. The molecule has 1 nitrogen and oxygen atoms in total. The first kappa shape index (κ1) is 9.50. The summed E-state index contributed by atoms with van der Waals surface area (Å²) in [4.78, 5) is 8.00. The summed E-state index contributed by atoms with van der Waals surface area (Å²) in [5.74, 6) is 1.88. The molecule has 2 bridgehead atoms. The fraction of sp³-hybridized carbons (Fsp3) is 0.727. The highest BCUT2D eigenvalue weighted by Gasteiger charge is 2.51. The second kappa shape index (κ2) is 3.04. The summed E-state index contributed by atoms with van der Waals surface area (Å²) in [5.41, 5.74) is 2.13. The van der Waals surface area contributed by atoms with E-state index < -0.39 is 0 Å². The van der Waals surface area contributed by atoms with E-state index >= 15 is 0 Å². The van der Waals surface area contributed by atoms with Crippen LogP contribution in [0.4, 0.5) is 0 Å². The molecule has 0 aliphatic heterocycles. The Morgan fingerprint density at radius 2 is 2.00 bits per heavy atom. The molecule has 3 aliphatic rings. The van der Waals surface area contributed by atoms with E-state index in [0.29, 0.717) is 5.41 Å². The van der Waals surface area contributed by atoms with Gasteiger partial charge in [0.15, 0.2) is 0 Å². The number of allylic oxidation sites excluding steroid dienone is 1. The largest absolute Gasteiger partial charge is 0.307 e. The molecule has 0 N–H and O–H groups in total. The fourth-order valence-electron chi connectivity index (χ4n) is 2.73. The van der Waals surface area contributed by atoms with E-state index in [2.05, 4.69) is 20.4 Å². The van der Waals surface area contributed by atoms with Gasteiger partial charge in [0, 0.05) is 0 Å². The van der Waals surface area contributed by atoms with Crippen LogP contribution in [0.1, 0.15) is 33.1 Å². The van der Waals surface area contributed by atoms with Gasteiger partial charge in [-0.15, -0.1) is 0 Å². The zero-order valence-corrected chi connectivity index (χ0v) is 8.10. The molecule has 0 heterocycles. The maximum absolute atomic E-state index is 8.00. The van der Waals surface area contributed by atoms with Gasteiger partial charge in [0.2, 0.25) is 0 Å². The molecule has 12 heavy (non-hydrogen) atoms. The lowest BCUT2D eigenvalue weighted by Gasteiger charge is -2.57. The van der Waals surface area contributed by atoms with E-state index in [-0.39, 0.29) is 0 Å². The number of fused-ring (bicyclic) bond motifs is 2. The van der Waals surface area contributed by atoms with E-state index in [1.807, 2.05) is 6.79 Å². The molecule has 0 saturated heterocycles. The average Bonchev–Trinajstić information content (AvgIpc) is 2.07. The van der Waals surface area contributed by atoms with E-state index in [1.54, 1.807) is 0 Å².